The van der Waals surface area contributed by atoms with Crippen molar-refractivity contribution >= 4 is 17.3 Å². The van der Waals surface area contributed by atoms with E-state index in [9.17, 15) is 4.79 Å². The molecule has 3 nitrogen and oxygen atoms in total. The SMILES string of the molecule is CC1CCCC(Nc2ccc(N3CCCC3=O)cc2)C1C. The fourth-order valence-electron chi connectivity index (χ4n) is 3.66. The molecule has 3 unspecified atom stereocenters. The van der Waals surface area contributed by atoms with E-state index in [-0.39, 0.29) is 5.91 Å². The highest BCUT2D eigenvalue weighted by Gasteiger charge is 2.27. The summed E-state index contributed by atoms with van der Waals surface area (Å²) in [7, 11) is 0. The summed E-state index contributed by atoms with van der Waals surface area (Å²) in [5.41, 5.74) is 2.21. The first-order valence-electron chi connectivity index (χ1n) is 8.32. The van der Waals surface area contributed by atoms with Gasteiger partial charge in [0.2, 0.25) is 5.91 Å². The lowest BCUT2D eigenvalue weighted by molar-refractivity contribution is -0.117. The first-order chi connectivity index (χ1) is 10.1. The van der Waals surface area contributed by atoms with Crippen LogP contribution in [0.25, 0.3) is 0 Å². The van der Waals surface area contributed by atoms with Crippen molar-refractivity contribution in [3.63, 3.8) is 0 Å². The van der Waals surface area contributed by atoms with Gasteiger partial charge in [0.15, 0.2) is 0 Å². The summed E-state index contributed by atoms with van der Waals surface area (Å²) < 4.78 is 0. The third kappa shape index (κ3) is 3.07. The van der Waals surface area contributed by atoms with Crippen molar-refractivity contribution in [1.29, 1.82) is 0 Å². The number of rotatable bonds is 3. The Morgan fingerprint density at radius 3 is 2.52 bits per heavy atom. The van der Waals surface area contributed by atoms with Crippen molar-refractivity contribution in [3.8, 4) is 0 Å². The minimum atomic E-state index is 0.255. The molecule has 2 fully saturated rings. The topological polar surface area (TPSA) is 32.3 Å². The molecule has 1 heterocycles. The molecular formula is C18H26N2O. The Morgan fingerprint density at radius 1 is 1.10 bits per heavy atom. The maximum absolute atomic E-state index is 11.8. The Bertz CT molecular complexity index is 496. The van der Waals surface area contributed by atoms with Crippen LogP contribution in [0.15, 0.2) is 24.3 Å². The molecule has 0 radical (unpaired) electrons. The summed E-state index contributed by atoms with van der Waals surface area (Å²) in [4.78, 5) is 13.7. The summed E-state index contributed by atoms with van der Waals surface area (Å²) >= 11 is 0. The van der Waals surface area contributed by atoms with Crippen molar-refractivity contribution in [2.24, 2.45) is 11.8 Å². The Labute approximate surface area is 127 Å². The molecule has 1 aromatic carbocycles. The lowest BCUT2D eigenvalue weighted by atomic mass is 9.78. The van der Waals surface area contributed by atoms with E-state index in [2.05, 4.69) is 43.4 Å². The summed E-state index contributed by atoms with van der Waals surface area (Å²) in [6.45, 7) is 5.59. The van der Waals surface area contributed by atoms with Crippen LogP contribution in [0.3, 0.4) is 0 Å². The molecule has 0 bridgehead atoms. The van der Waals surface area contributed by atoms with Gasteiger partial charge in [-0.3, -0.25) is 4.79 Å². The second-order valence-electron chi connectivity index (χ2n) is 6.71. The molecule has 3 rings (SSSR count). The number of anilines is 2. The van der Waals surface area contributed by atoms with Gasteiger partial charge in [-0.15, -0.1) is 0 Å². The van der Waals surface area contributed by atoms with Gasteiger partial charge in [0.05, 0.1) is 0 Å². The zero-order valence-corrected chi connectivity index (χ0v) is 13.1. The van der Waals surface area contributed by atoms with Crippen LogP contribution in [0.5, 0.6) is 0 Å². The fraction of sp³-hybridized carbons (Fsp3) is 0.611. The van der Waals surface area contributed by atoms with Crippen LogP contribution in [-0.4, -0.2) is 18.5 Å². The van der Waals surface area contributed by atoms with Crippen LogP contribution in [0.2, 0.25) is 0 Å². The zero-order chi connectivity index (χ0) is 14.8. The average Bonchev–Trinajstić information content (AvgIpc) is 2.91. The first-order valence-corrected chi connectivity index (χ1v) is 8.32. The van der Waals surface area contributed by atoms with E-state index in [1.807, 2.05) is 4.90 Å². The largest absolute Gasteiger partial charge is 0.382 e. The minimum Gasteiger partial charge on any atom is -0.382 e. The van der Waals surface area contributed by atoms with E-state index in [0.717, 1.165) is 30.5 Å². The zero-order valence-electron chi connectivity index (χ0n) is 13.1. The number of nitrogens with zero attached hydrogens (tertiary/aromatic N) is 1. The summed E-state index contributed by atoms with van der Waals surface area (Å²) in [6.07, 6.45) is 5.62. The summed E-state index contributed by atoms with van der Waals surface area (Å²) in [5, 5.41) is 3.69. The number of carbonyl (C=O) groups excluding carboxylic acids is 1. The Hall–Kier alpha value is -1.51. The predicted molar refractivity (Wildman–Crippen MR) is 87.6 cm³/mol. The van der Waals surface area contributed by atoms with Crippen LogP contribution in [0.4, 0.5) is 11.4 Å². The maximum Gasteiger partial charge on any atom is 0.227 e. The molecule has 114 valence electrons. The van der Waals surface area contributed by atoms with E-state index in [4.69, 9.17) is 0 Å². The number of nitrogens with one attached hydrogen (secondary N) is 1. The molecule has 1 amide bonds. The van der Waals surface area contributed by atoms with Crippen LogP contribution in [0, 0.1) is 11.8 Å². The smallest absolute Gasteiger partial charge is 0.227 e. The lowest BCUT2D eigenvalue weighted by Crippen LogP contribution is -2.35. The highest BCUT2D eigenvalue weighted by atomic mass is 16.2. The van der Waals surface area contributed by atoms with Crippen LogP contribution >= 0.6 is 0 Å². The molecular weight excluding hydrogens is 260 g/mol. The van der Waals surface area contributed by atoms with Gasteiger partial charge in [0.25, 0.3) is 0 Å². The molecule has 1 aliphatic carbocycles. The van der Waals surface area contributed by atoms with Gasteiger partial charge in [0, 0.05) is 30.4 Å². The van der Waals surface area contributed by atoms with Gasteiger partial charge in [-0.05, 0) is 48.9 Å². The van der Waals surface area contributed by atoms with Crippen LogP contribution in [0.1, 0.15) is 46.0 Å². The lowest BCUT2D eigenvalue weighted by Gasteiger charge is -2.35. The van der Waals surface area contributed by atoms with Crippen LogP contribution < -0.4 is 10.2 Å². The normalized spacial score (nSPS) is 29.7. The molecule has 3 atom stereocenters. The molecule has 1 N–H and O–H groups in total. The second-order valence-corrected chi connectivity index (χ2v) is 6.71. The van der Waals surface area contributed by atoms with Crippen molar-refractivity contribution in [2.75, 3.05) is 16.8 Å². The highest BCUT2D eigenvalue weighted by molar-refractivity contribution is 5.95. The number of hydrogen-bond donors (Lipinski definition) is 1. The van der Waals surface area contributed by atoms with E-state index in [0.29, 0.717) is 12.5 Å². The molecule has 0 aromatic heterocycles. The van der Waals surface area contributed by atoms with Crippen molar-refractivity contribution in [3.05, 3.63) is 24.3 Å². The van der Waals surface area contributed by atoms with Gasteiger partial charge < -0.3 is 10.2 Å². The number of hydrogen-bond acceptors (Lipinski definition) is 2. The van der Waals surface area contributed by atoms with Crippen molar-refractivity contribution in [2.45, 2.75) is 52.0 Å². The number of benzene rings is 1. The van der Waals surface area contributed by atoms with E-state index < -0.39 is 0 Å². The monoisotopic (exact) mass is 286 g/mol. The quantitative estimate of drug-likeness (QED) is 0.909. The molecule has 1 aliphatic heterocycles. The number of carbonyl (C=O) groups is 1. The molecule has 21 heavy (non-hydrogen) atoms. The van der Waals surface area contributed by atoms with E-state index >= 15 is 0 Å². The highest BCUT2D eigenvalue weighted by Crippen LogP contribution is 2.32. The van der Waals surface area contributed by atoms with E-state index in [1.54, 1.807) is 0 Å². The van der Waals surface area contributed by atoms with Gasteiger partial charge in [-0.1, -0.05) is 26.7 Å². The molecule has 0 spiro atoms. The molecule has 1 aromatic rings. The fourth-order valence-corrected chi connectivity index (χ4v) is 3.66. The average molecular weight is 286 g/mol. The Kier molecular flexibility index (Phi) is 4.18. The predicted octanol–water partition coefficient (Wildman–Crippen LogP) is 4.05. The second kappa shape index (κ2) is 6.08. The molecule has 2 aliphatic rings. The van der Waals surface area contributed by atoms with Gasteiger partial charge in [-0.25, -0.2) is 0 Å². The summed E-state index contributed by atoms with van der Waals surface area (Å²) in [5.74, 6) is 1.78. The minimum absolute atomic E-state index is 0.255. The molecule has 1 saturated heterocycles. The van der Waals surface area contributed by atoms with E-state index in [1.165, 1.54) is 24.9 Å². The Balaban J connectivity index is 1.65. The van der Waals surface area contributed by atoms with Crippen LogP contribution in [-0.2, 0) is 4.79 Å². The first kappa shape index (κ1) is 14.4. The summed E-state index contributed by atoms with van der Waals surface area (Å²) in [6, 6.07) is 8.96. The number of amides is 1. The van der Waals surface area contributed by atoms with Gasteiger partial charge >= 0.3 is 0 Å². The van der Waals surface area contributed by atoms with Gasteiger partial charge in [-0.2, -0.15) is 0 Å². The van der Waals surface area contributed by atoms with Gasteiger partial charge in [0.1, 0.15) is 0 Å². The van der Waals surface area contributed by atoms with Crippen molar-refractivity contribution < 1.29 is 4.79 Å². The van der Waals surface area contributed by atoms with Crippen molar-refractivity contribution in [1.82, 2.24) is 0 Å². The standard InChI is InChI=1S/C18H26N2O/c1-13-5-3-6-17(14(13)2)19-15-8-10-16(11-9-15)20-12-4-7-18(20)21/h8-11,13-14,17,19H,3-7,12H2,1-2H3. The molecule has 3 heteroatoms. The third-order valence-corrected chi connectivity index (χ3v) is 5.31. The Morgan fingerprint density at radius 2 is 1.86 bits per heavy atom. The third-order valence-electron chi connectivity index (χ3n) is 5.31. The maximum atomic E-state index is 11.8. The molecule has 1 saturated carbocycles.